The Kier molecular flexibility index (Phi) is 38.7. The van der Waals surface area contributed by atoms with Gasteiger partial charge in [-0.15, -0.1) is 0 Å². The minimum atomic E-state index is -0.880. The summed E-state index contributed by atoms with van der Waals surface area (Å²) >= 11 is 0. The highest BCUT2D eigenvalue weighted by Gasteiger charge is 2.31. The number of allylic oxidation sites excluding steroid dienone is 10. The average molecular weight is 815 g/mol. The molecule has 2 atom stereocenters. The van der Waals surface area contributed by atoms with Crippen molar-refractivity contribution in [2.45, 2.75) is 199 Å². The fraction of sp³-hybridized carbons (Fsp3) is 0.740. The average Bonchev–Trinajstić information content (AvgIpc) is 3.18. The number of esters is 2. The minimum absolute atomic E-state index is 0.0521. The molecule has 8 nitrogen and oxygen atoms in total. The Bertz CT molecular complexity index is 1130. The normalized spacial score (nSPS) is 13.5. The molecule has 0 heterocycles. The van der Waals surface area contributed by atoms with Crippen molar-refractivity contribution >= 4 is 17.9 Å². The maximum Gasteiger partial charge on any atom is 0.362 e. The van der Waals surface area contributed by atoms with Crippen LogP contribution in [0.25, 0.3) is 0 Å². The molecule has 1 N–H and O–H groups in total. The first-order chi connectivity index (χ1) is 28.1. The molecule has 58 heavy (non-hydrogen) atoms. The number of carbonyl (C=O) groups is 3. The molecule has 0 aromatic heterocycles. The van der Waals surface area contributed by atoms with Crippen molar-refractivity contribution < 1.29 is 38.2 Å². The van der Waals surface area contributed by atoms with Crippen LogP contribution in [0, 0.1) is 0 Å². The molecule has 0 aromatic rings. The van der Waals surface area contributed by atoms with Crippen molar-refractivity contribution in [2.24, 2.45) is 0 Å². The van der Waals surface area contributed by atoms with Gasteiger partial charge in [-0.3, -0.25) is 9.59 Å². The van der Waals surface area contributed by atoms with E-state index in [2.05, 4.69) is 74.6 Å². The summed E-state index contributed by atoms with van der Waals surface area (Å²) in [6.07, 6.45) is 49.7. The van der Waals surface area contributed by atoms with Gasteiger partial charge in [-0.2, -0.15) is 0 Å². The van der Waals surface area contributed by atoms with E-state index >= 15 is 0 Å². The van der Waals surface area contributed by atoms with Crippen molar-refractivity contribution in [1.29, 1.82) is 0 Å². The molecule has 0 aliphatic heterocycles. The number of unbranched alkanes of at least 4 members (excludes halogenated alkanes) is 17. The predicted molar refractivity (Wildman–Crippen MR) is 243 cm³/mol. The van der Waals surface area contributed by atoms with E-state index in [0.29, 0.717) is 19.3 Å². The first-order valence-corrected chi connectivity index (χ1v) is 23.3. The van der Waals surface area contributed by atoms with Crippen LogP contribution in [0.1, 0.15) is 187 Å². The molecule has 0 aromatic carbocycles. The Morgan fingerprint density at radius 1 is 0.534 bits per heavy atom. The number of carboxylic acid groups (broad SMARTS) is 1. The second kappa shape index (κ2) is 40.8. The van der Waals surface area contributed by atoms with E-state index in [1.807, 2.05) is 21.1 Å². The largest absolute Gasteiger partial charge is 0.477 e. The van der Waals surface area contributed by atoms with Gasteiger partial charge in [0.05, 0.1) is 34.4 Å². The third-order valence-corrected chi connectivity index (χ3v) is 10.2. The Labute approximate surface area is 356 Å². The summed E-state index contributed by atoms with van der Waals surface area (Å²) < 4.78 is 17.3. The number of hydrogen-bond donors (Lipinski definition) is 1. The third kappa shape index (κ3) is 38.5. The van der Waals surface area contributed by atoms with E-state index in [9.17, 15) is 19.5 Å². The number of likely N-dealkylation sites (N-methyl/N-ethyl adjacent to an activating group) is 1. The van der Waals surface area contributed by atoms with Crippen LogP contribution in [-0.4, -0.2) is 80.6 Å². The second-order valence-corrected chi connectivity index (χ2v) is 16.6. The van der Waals surface area contributed by atoms with Crippen LogP contribution in [-0.2, 0) is 28.6 Å². The molecule has 0 fully saturated rings. The highest BCUT2D eigenvalue weighted by atomic mass is 16.6. The molecule has 0 radical (unpaired) electrons. The Balaban J connectivity index is 4.35. The quantitative estimate of drug-likeness (QED) is 0.0284. The van der Waals surface area contributed by atoms with Gasteiger partial charge < -0.3 is 23.8 Å². The Morgan fingerprint density at radius 2 is 0.966 bits per heavy atom. The molecule has 334 valence electrons. The zero-order valence-electron chi connectivity index (χ0n) is 38.0. The lowest BCUT2D eigenvalue weighted by Crippen LogP contribution is -2.50. The fourth-order valence-electron chi connectivity index (χ4n) is 6.55. The third-order valence-electron chi connectivity index (χ3n) is 10.2. The number of hydrogen-bond acceptors (Lipinski definition) is 6. The number of aliphatic carboxylic acids is 1. The van der Waals surface area contributed by atoms with Crippen LogP contribution in [0.5, 0.6) is 0 Å². The molecule has 2 unspecified atom stereocenters. The van der Waals surface area contributed by atoms with Gasteiger partial charge in [0.2, 0.25) is 0 Å². The Hall–Kier alpha value is -2.97. The molecule has 0 saturated heterocycles. The lowest BCUT2D eigenvalue weighted by molar-refractivity contribution is -0.887. The number of carboxylic acids is 1. The van der Waals surface area contributed by atoms with E-state index in [4.69, 9.17) is 14.2 Å². The fourth-order valence-corrected chi connectivity index (χ4v) is 6.55. The number of carbonyl (C=O) groups excluding carboxylic acids is 2. The molecule has 0 saturated carbocycles. The summed E-state index contributed by atoms with van der Waals surface area (Å²) in [5.41, 5.74) is 0. The van der Waals surface area contributed by atoms with Gasteiger partial charge in [0.25, 0.3) is 0 Å². The monoisotopic (exact) mass is 815 g/mol. The van der Waals surface area contributed by atoms with Crippen LogP contribution in [0.3, 0.4) is 0 Å². The van der Waals surface area contributed by atoms with Gasteiger partial charge in [-0.25, -0.2) is 4.79 Å². The smallest absolute Gasteiger partial charge is 0.362 e. The maximum absolute atomic E-state index is 12.8. The summed E-state index contributed by atoms with van der Waals surface area (Å²) in [6.45, 7) is 4.59. The molecule has 0 bridgehead atoms. The van der Waals surface area contributed by atoms with E-state index < -0.39 is 18.1 Å². The molecule has 0 amide bonds. The molecular weight excluding hydrogens is 727 g/mol. The standard InChI is InChI=1S/C50H87NO7/c1-6-8-10-12-14-16-18-20-22-23-24-25-27-29-31-33-35-37-39-41-49(53)58-46(44-56-43-42-47(50(54)55)51(3,4)5)45-57-48(52)40-38-36-34-32-30-28-26-21-19-17-15-13-11-9-7-2/h8,10,14,16-17,19-20,22,24-25,46-47H,6-7,9,11-13,15,18,21,23,26-45H2,1-5H3/p+1/b10-8+,16-14+,19-17+,22-20+,25-24+. The lowest BCUT2D eigenvalue weighted by Gasteiger charge is -2.31. The zero-order chi connectivity index (χ0) is 42.8. The topological polar surface area (TPSA) is 99.1 Å². The second-order valence-electron chi connectivity index (χ2n) is 16.6. The molecule has 0 rings (SSSR count). The number of quaternary nitrogens is 1. The summed E-state index contributed by atoms with van der Waals surface area (Å²) in [7, 11) is 5.52. The van der Waals surface area contributed by atoms with Crippen molar-refractivity contribution in [3.63, 3.8) is 0 Å². The van der Waals surface area contributed by atoms with Gasteiger partial charge in [-0.05, 0) is 77.0 Å². The summed E-state index contributed by atoms with van der Waals surface area (Å²) in [5, 5.41) is 9.63. The molecule has 8 heteroatoms. The highest BCUT2D eigenvalue weighted by molar-refractivity contribution is 5.72. The first kappa shape index (κ1) is 55.0. The summed E-state index contributed by atoms with van der Waals surface area (Å²) in [6, 6.07) is -0.620. The van der Waals surface area contributed by atoms with E-state index in [0.717, 1.165) is 77.0 Å². The van der Waals surface area contributed by atoms with Crippen LogP contribution >= 0.6 is 0 Å². The lowest BCUT2D eigenvalue weighted by atomic mass is 10.1. The van der Waals surface area contributed by atoms with Crippen molar-refractivity contribution in [2.75, 3.05) is 41.0 Å². The molecule has 0 aliphatic rings. The van der Waals surface area contributed by atoms with E-state index in [1.54, 1.807) is 0 Å². The highest BCUT2D eigenvalue weighted by Crippen LogP contribution is 2.14. The zero-order valence-corrected chi connectivity index (χ0v) is 38.0. The summed E-state index contributed by atoms with van der Waals surface area (Å²) in [4.78, 5) is 37.0. The molecule has 0 spiro atoms. The van der Waals surface area contributed by atoms with Crippen LogP contribution in [0.15, 0.2) is 60.8 Å². The molecular formula is C50H88NO7+. The van der Waals surface area contributed by atoms with Crippen LogP contribution in [0.4, 0.5) is 0 Å². The number of ether oxygens (including phenoxy) is 3. The number of nitrogens with zero attached hydrogens (tertiary/aromatic N) is 1. The van der Waals surface area contributed by atoms with Crippen molar-refractivity contribution in [3.8, 4) is 0 Å². The van der Waals surface area contributed by atoms with Crippen LogP contribution < -0.4 is 0 Å². The van der Waals surface area contributed by atoms with Gasteiger partial charge in [0.1, 0.15) is 6.61 Å². The Morgan fingerprint density at radius 3 is 1.45 bits per heavy atom. The van der Waals surface area contributed by atoms with Crippen LogP contribution in [0.2, 0.25) is 0 Å². The first-order valence-electron chi connectivity index (χ1n) is 23.3. The number of rotatable bonds is 41. The SMILES string of the molecule is CC/C=C/C/C=C/C/C=C/C/C=C/CCCCCCCCC(=O)OC(COCCC(C(=O)O)[N+](C)(C)C)COC(=O)CCCCCCCCC/C=C/CCCCCC. The minimum Gasteiger partial charge on any atom is -0.477 e. The van der Waals surface area contributed by atoms with Crippen molar-refractivity contribution in [1.82, 2.24) is 0 Å². The van der Waals surface area contributed by atoms with E-state index in [-0.39, 0.29) is 36.2 Å². The maximum atomic E-state index is 12.8. The predicted octanol–water partition coefficient (Wildman–Crippen LogP) is 13.0. The van der Waals surface area contributed by atoms with Gasteiger partial charge in [0, 0.05) is 19.3 Å². The van der Waals surface area contributed by atoms with E-state index in [1.165, 1.54) is 77.0 Å². The summed E-state index contributed by atoms with van der Waals surface area (Å²) in [5.74, 6) is -1.49. The van der Waals surface area contributed by atoms with Gasteiger partial charge in [0.15, 0.2) is 12.1 Å². The van der Waals surface area contributed by atoms with Gasteiger partial charge in [-0.1, -0.05) is 152 Å². The molecule has 0 aliphatic carbocycles. The van der Waals surface area contributed by atoms with Gasteiger partial charge >= 0.3 is 17.9 Å². The van der Waals surface area contributed by atoms with Crippen molar-refractivity contribution in [3.05, 3.63) is 60.8 Å².